The summed E-state index contributed by atoms with van der Waals surface area (Å²) in [5.41, 5.74) is 1.16. The Kier molecular flexibility index (Phi) is 4.98. The highest BCUT2D eigenvalue weighted by atomic mass is 16.4. The molecule has 0 spiro atoms. The van der Waals surface area contributed by atoms with Gasteiger partial charge >= 0.3 is 12.0 Å². The van der Waals surface area contributed by atoms with E-state index in [2.05, 4.69) is 10.6 Å². The number of amides is 2. The Labute approximate surface area is 124 Å². The second kappa shape index (κ2) is 6.92. The second-order valence-corrected chi connectivity index (χ2v) is 5.38. The van der Waals surface area contributed by atoms with E-state index in [1.165, 1.54) is 0 Å². The molecule has 1 aromatic carbocycles. The van der Waals surface area contributed by atoms with Crippen molar-refractivity contribution in [1.82, 2.24) is 10.6 Å². The van der Waals surface area contributed by atoms with Crippen LogP contribution in [-0.2, 0) is 11.2 Å². The second-order valence-electron chi connectivity index (χ2n) is 5.38. The fourth-order valence-electron chi connectivity index (χ4n) is 2.44. The van der Waals surface area contributed by atoms with Crippen molar-refractivity contribution in [3.63, 3.8) is 0 Å². The number of rotatable bonds is 5. The van der Waals surface area contributed by atoms with E-state index in [9.17, 15) is 9.59 Å². The standard InChI is InChI=1S/C16H20N2O3/c1-11(9-12-5-3-2-4-6-12)17-16(21)18-14-8-7-13(10-14)15(19)20/h2-8,11,13-14H,9-10H2,1H3,(H,19,20)(H2,17,18,21). The molecule has 1 aliphatic rings. The first-order valence-electron chi connectivity index (χ1n) is 7.06. The molecular weight excluding hydrogens is 268 g/mol. The Morgan fingerprint density at radius 3 is 2.62 bits per heavy atom. The van der Waals surface area contributed by atoms with Gasteiger partial charge in [-0.2, -0.15) is 0 Å². The van der Waals surface area contributed by atoms with Gasteiger partial charge in [0.25, 0.3) is 0 Å². The van der Waals surface area contributed by atoms with Gasteiger partial charge in [0.1, 0.15) is 0 Å². The molecule has 112 valence electrons. The lowest BCUT2D eigenvalue weighted by Crippen LogP contribution is -2.45. The van der Waals surface area contributed by atoms with Crippen LogP contribution in [0.2, 0.25) is 0 Å². The molecule has 5 nitrogen and oxygen atoms in total. The summed E-state index contributed by atoms with van der Waals surface area (Å²) in [5.74, 6) is -1.36. The van der Waals surface area contributed by atoms with Crippen molar-refractivity contribution in [2.45, 2.75) is 31.8 Å². The molecule has 0 heterocycles. The molecule has 5 heteroatoms. The molecule has 3 unspecified atom stereocenters. The van der Waals surface area contributed by atoms with E-state index in [1.54, 1.807) is 12.2 Å². The van der Waals surface area contributed by atoms with Crippen molar-refractivity contribution in [1.29, 1.82) is 0 Å². The number of carbonyl (C=O) groups excluding carboxylic acids is 1. The molecule has 0 bridgehead atoms. The number of carboxylic acid groups (broad SMARTS) is 1. The predicted molar refractivity (Wildman–Crippen MR) is 79.9 cm³/mol. The maximum absolute atomic E-state index is 11.9. The number of hydrogen-bond donors (Lipinski definition) is 3. The van der Waals surface area contributed by atoms with Gasteiger partial charge in [-0.1, -0.05) is 42.5 Å². The van der Waals surface area contributed by atoms with Gasteiger partial charge in [-0.3, -0.25) is 4.79 Å². The van der Waals surface area contributed by atoms with Gasteiger partial charge in [0.15, 0.2) is 0 Å². The van der Waals surface area contributed by atoms with Crippen molar-refractivity contribution in [3.8, 4) is 0 Å². The van der Waals surface area contributed by atoms with Gasteiger partial charge < -0.3 is 15.7 Å². The molecule has 21 heavy (non-hydrogen) atoms. The summed E-state index contributed by atoms with van der Waals surface area (Å²) >= 11 is 0. The van der Waals surface area contributed by atoms with Crippen LogP contribution < -0.4 is 10.6 Å². The number of aliphatic carboxylic acids is 1. The molecule has 3 N–H and O–H groups in total. The summed E-state index contributed by atoms with van der Waals surface area (Å²) in [5, 5.41) is 14.5. The van der Waals surface area contributed by atoms with E-state index in [-0.39, 0.29) is 18.1 Å². The first-order valence-corrected chi connectivity index (χ1v) is 7.06. The highest BCUT2D eigenvalue weighted by molar-refractivity contribution is 5.76. The third-order valence-corrected chi connectivity index (χ3v) is 3.48. The lowest BCUT2D eigenvalue weighted by Gasteiger charge is -2.17. The highest BCUT2D eigenvalue weighted by Gasteiger charge is 2.25. The van der Waals surface area contributed by atoms with Crippen molar-refractivity contribution in [2.24, 2.45) is 5.92 Å². The third-order valence-electron chi connectivity index (χ3n) is 3.48. The fourth-order valence-corrected chi connectivity index (χ4v) is 2.44. The molecule has 0 fully saturated rings. The number of benzene rings is 1. The van der Waals surface area contributed by atoms with Gasteiger partial charge in [0, 0.05) is 6.04 Å². The molecule has 0 radical (unpaired) electrons. The molecule has 2 amide bonds. The summed E-state index contributed by atoms with van der Waals surface area (Å²) in [7, 11) is 0. The molecule has 2 rings (SSSR count). The highest BCUT2D eigenvalue weighted by Crippen LogP contribution is 2.17. The van der Waals surface area contributed by atoms with Gasteiger partial charge in [0.2, 0.25) is 0 Å². The molecule has 0 aromatic heterocycles. The van der Waals surface area contributed by atoms with Crippen LogP contribution in [0.1, 0.15) is 18.9 Å². The van der Waals surface area contributed by atoms with Crippen LogP contribution >= 0.6 is 0 Å². The molecule has 1 aliphatic carbocycles. The maximum atomic E-state index is 11.9. The predicted octanol–water partition coefficient (Wildman–Crippen LogP) is 1.95. The molecule has 0 aliphatic heterocycles. The average molecular weight is 288 g/mol. The van der Waals surface area contributed by atoms with Crippen LogP contribution in [0.3, 0.4) is 0 Å². The van der Waals surface area contributed by atoms with E-state index in [1.807, 2.05) is 37.3 Å². The minimum Gasteiger partial charge on any atom is -0.481 e. The zero-order valence-corrected chi connectivity index (χ0v) is 12.0. The maximum Gasteiger partial charge on any atom is 0.315 e. The summed E-state index contributed by atoms with van der Waals surface area (Å²) in [6.45, 7) is 1.94. The van der Waals surface area contributed by atoms with E-state index < -0.39 is 11.9 Å². The van der Waals surface area contributed by atoms with E-state index in [0.29, 0.717) is 6.42 Å². The van der Waals surface area contributed by atoms with Crippen molar-refractivity contribution in [2.75, 3.05) is 0 Å². The van der Waals surface area contributed by atoms with Crippen LogP contribution in [0.5, 0.6) is 0 Å². The summed E-state index contributed by atoms with van der Waals surface area (Å²) in [4.78, 5) is 22.7. The van der Waals surface area contributed by atoms with Crippen LogP contribution in [0.25, 0.3) is 0 Å². The van der Waals surface area contributed by atoms with Gasteiger partial charge in [-0.15, -0.1) is 0 Å². The lowest BCUT2D eigenvalue weighted by atomic mass is 10.1. The Morgan fingerprint density at radius 2 is 2.00 bits per heavy atom. The smallest absolute Gasteiger partial charge is 0.315 e. The van der Waals surface area contributed by atoms with E-state index in [4.69, 9.17) is 5.11 Å². The summed E-state index contributed by atoms with van der Waals surface area (Å²) < 4.78 is 0. The lowest BCUT2D eigenvalue weighted by molar-refractivity contribution is -0.140. The van der Waals surface area contributed by atoms with Gasteiger partial charge in [-0.05, 0) is 25.3 Å². The molecule has 1 aromatic rings. The molecule has 0 saturated heterocycles. The van der Waals surface area contributed by atoms with E-state index >= 15 is 0 Å². The monoisotopic (exact) mass is 288 g/mol. The zero-order chi connectivity index (χ0) is 15.2. The minimum absolute atomic E-state index is 0.00746. The number of carboxylic acids is 1. The van der Waals surface area contributed by atoms with Crippen molar-refractivity contribution in [3.05, 3.63) is 48.0 Å². The minimum atomic E-state index is -0.853. The van der Waals surface area contributed by atoms with Crippen LogP contribution in [0.4, 0.5) is 4.79 Å². The van der Waals surface area contributed by atoms with Crippen LogP contribution in [0, 0.1) is 5.92 Å². The first-order chi connectivity index (χ1) is 10.0. The van der Waals surface area contributed by atoms with E-state index in [0.717, 1.165) is 12.0 Å². The van der Waals surface area contributed by atoms with Gasteiger partial charge in [-0.25, -0.2) is 4.79 Å². The number of urea groups is 1. The summed E-state index contributed by atoms with van der Waals surface area (Å²) in [6, 6.07) is 9.47. The first kappa shape index (κ1) is 15.1. The Bertz CT molecular complexity index is 528. The SMILES string of the molecule is CC(Cc1ccccc1)NC(=O)NC1C=CC(C(=O)O)C1. The average Bonchev–Trinajstić information content (AvgIpc) is 2.88. The Balaban J connectivity index is 1.75. The Morgan fingerprint density at radius 1 is 1.29 bits per heavy atom. The third kappa shape index (κ3) is 4.63. The van der Waals surface area contributed by atoms with Gasteiger partial charge in [0.05, 0.1) is 12.0 Å². The zero-order valence-electron chi connectivity index (χ0n) is 12.0. The summed E-state index contributed by atoms with van der Waals surface area (Å²) in [6.07, 6.45) is 4.53. The van der Waals surface area contributed by atoms with Crippen LogP contribution in [-0.4, -0.2) is 29.2 Å². The fraction of sp³-hybridized carbons (Fsp3) is 0.375. The number of carbonyl (C=O) groups is 2. The molecule has 0 saturated carbocycles. The van der Waals surface area contributed by atoms with Crippen molar-refractivity contribution >= 4 is 12.0 Å². The van der Waals surface area contributed by atoms with Crippen molar-refractivity contribution < 1.29 is 14.7 Å². The Hall–Kier alpha value is -2.30. The quantitative estimate of drug-likeness (QED) is 0.725. The topological polar surface area (TPSA) is 78.4 Å². The molecular formula is C16H20N2O3. The number of nitrogens with one attached hydrogen (secondary N) is 2. The largest absolute Gasteiger partial charge is 0.481 e. The normalized spacial score (nSPS) is 21.8. The number of hydrogen-bond acceptors (Lipinski definition) is 2. The molecule has 3 atom stereocenters. The van der Waals surface area contributed by atoms with Crippen LogP contribution in [0.15, 0.2) is 42.5 Å².